The summed E-state index contributed by atoms with van der Waals surface area (Å²) in [5, 5.41) is 12.6. The number of hydrogen-bond acceptors (Lipinski definition) is 1. The second kappa shape index (κ2) is 10.4. The maximum Gasteiger partial charge on any atom is 0.0724 e. The third kappa shape index (κ3) is 3.83. The molecule has 0 aliphatic heterocycles. The Hall–Kier alpha value is -6.71. The van der Waals surface area contributed by atoms with Gasteiger partial charge in [-0.1, -0.05) is 115 Å². The normalized spacial score (nSPS) is 12.0. The molecule has 232 valence electrons. The zero-order valence-corrected chi connectivity index (χ0v) is 27.1. The summed E-state index contributed by atoms with van der Waals surface area (Å²) in [5.41, 5.74) is 9.03. The molecule has 8 aromatic carbocycles. The van der Waals surface area contributed by atoms with Crippen molar-refractivity contribution in [2.45, 2.75) is 0 Å². The van der Waals surface area contributed by atoms with E-state index in [-0.39, 0.29) is 0 Å². The lowest BCUT2D eigenvalue weighted by molar-refractivity contribution is 1.17. The molecule has 11 aromatic rings. The first-order valence-electron chi connectivity index (χ1n) is 17.1. The molecule has 50 heavy (non-hydrogen) atoms. The Labute approximate surface area is 287 Å². The molecule has 3 aromatic heterocycles. The molecule has 0 bridgehead atoms. The summed E-state index contributed by atoms with van der Waals surface area (Å²) in [6.45, 7) is 0. The van der Waals surface area contributed by atoms with Gasteiger partial charge in [-0.3, -0.25) is 4.98 Å². The number of fused-ring (bicyclic) bond motifs is 12. The third-order valence-electron chi connectivity index (χ3n) is 10.5. The quantitative estimate of drug-likeness (QED) is 0.177. The summed E-state index contributed by atoms with van der Waals surface area (Å²) in [7, 11) is 0. The van der Waals surface area contributed by atoms with Gasteiger partial charge in [0.25, 0.3) is 0 Å². The third-order valence-corrected chi connectivity index (χ3v) is 10.5. The highest BCUT2D eigenvalue weighted by molar-refractivity contribution is 6.25. The van der Waals surface area contributed by atoms with Crippen LogP contribution in [0.15, 0.2) is 176 Å². The van der Waals surface area contributed by atoms with Crippen LogP contribution in [0.25, 0.3) is 98.6 Å². The Kier molecular flexibility index (Phi) is 5.67. The fraction of sp³-hybridized carbons (Fsp3) is 0. The lowest BCUT2D eigenvalue weighted by Gasteiger charge is -2.14. The molecule has 0 atom stereocenters. The van der Waals surface area contributed by atoms with Gasteiger partial charge in [0.2, 0.25) is 0 Å². The molecule has 3 nitrogen and oxygen atoms in total. The van der Waals surface area contributed by atoms with E-state index in [2.05, 4.69) is 179 Å². The van der Waals surface area contributed by atoms with Gasteiger partial charge in [0.15, 0.2) is 0 Å². The van der Waals surface area contributed by atoms with E-state index in [4.69, 9.17) is 4.98 Å². The van der Waals surface area contributed by atoms with Gasteiger partial charge in [0.1, 0.15) is 0 Å². The highest BCUT2D eigenvalue weighted by Crippen LogP contribution is 2.40. The fourth-order valence-corrected chi connectivity index (χ4v) is 8.33. The van der Waals surface area contributed by atoms with Crippen molar-refractivity contribution in [2.75, 3.05) is 0 Å². The average molecular weight is 636 g/mol. The largest absolute Gasteiger partial charge is 0.309 e. The topological polar surface area (TPSA) is 22.8 Å². The Morgan fingerprint density at radius 3 is 1.46 bits per heavy atom. The van der Waals surface area contributed by atoms with Crippen LogP contribution < -0.4 is 0 Å². The zero-order chi connectivity index (χ0) is 32.8. The molecule has 11 rings (SSSR count). The molecule has 0 aliphatic carbocycles. The molecule has 0 radical (unpaired) electrons. The minimum atomic E-state index is 0.969. The van der Waals surface area contributed by atoms with Crippen LogP contribution in [0.3, 0.4) is 0 Å². The van der Waals surface area contributed by atoms with Gasteiger partial charge in [-0.25, -0.2) is 0 Å². The van der Waals surface area contributed by atoms with Crippen LogP contribution in [0.5, 0.6) is 0 Å². The average Bonchev–Trinajstić information content (AvgIpc) is 3.70. The van der Waals surface area contributed by atoms with Crippen LogP contribution in [-0.4, -0.2) is 14.1 Å². The predicted octanol–water partition coefficient (Wildman–Crippen LogP) is 12.4. The molecule has 3 heteroatoms. The zero-order valence-electron chi connectivity index (χ0n) is 27.1. The monoisotopic (exact) mass is 635 g/mol. The van der Waals surface area contributed by atoms with Gasteiger partial charge in [-0.2, -0.15) is 0 Å². The summed E-state index contributed by atoms with van der Waals surface area (Å²) in [6.07, 6.45) is 2.04. The van der Waals surface area contributed by atoms with Gasteiger partial charge in [0.05, 0.1) is 34.0 Å². The number of pyridine rings is 1. The molecule has 0 spiro atoms. The van der Waals surface area contributed by atoms with Crippen molar-refractivity contribution in [3.05, 3.63) is 176 Å². The van der Waals surface area contributed by atoms with E-state index < -0.39 is 0 Å². The van der Waals surface area contributed by atoms with Crippen LogP contribution in [0, 0.1) is 0 Å². The van der Waals surface area contributed by atoms with Crippen molar-refractivity contribution in [1.29, 1.82) is 0 Å². The minimum Gasteiger partial charge on any atom is -0.309 e. The second-order valence-corrected chi connectivity index (χ2v) is 13.2. The fourth-order valence-electron chi connectivity index (χ4n) is 8.33. The van der Waals surface area contributed by atoms with E-state index in [0.29, 0.717) is 0 Å². The molecule has 0 N–H and O–H groups in total. The van der Waals surface area contributed by atoms with E-state index in [1.54, 1.807) is 0 Å². The highest BCUT2D eigenvalue weighted by Gasteiger charge is 2.17. The van der Waals surface area contributed by atoms with Gasteiger partial charge in [-0.05, 0) is 86.9 Å². The first-order valence-corrected chi connectivity index (χ1v) is 17.1. The smallest absolute Gasteiger partial charge is 0.0724 e. The van der Waals surface area contributed by atoms with Crippen molar-refractivity contribution in [3.63, 3.8) is 0 Å². The van der Waals surface area contributed by atoms with Crippen LogP contribution >= 0.6 is 0 Å². The number of para-hydroxylation sites is 3. The van der Waals surface area contributed by atoms with Gasteiger partial charge >= 0.3 is 0 Å². The minimum absolute atomic E-state index is 0.969. The molecule has 0 aliphatic rings. The molecule has 0 saturated carbocycles. The maximum absolute atomic E-state index is 5.07. The van der Waals surface area contributed by atoms with E-state index in [9.17, 15) is 0 Å². The Balaban J connectivity index is 1.12. The van der Waals surface area contributed by atoms with Crippen molar-refractivity contribution in [1.82, 2.24) is 14.1 Å². The number of aromatic nitrogens is 3. The molecule has 0 fully saturated rings. The first-order chi connectivity index (χ1) is 24.8. The Morgan fingerprint density at radius 2 is 0.800 bits per heavy atom. The van der Waals surface area contributed by atoms with E-state index in [1.807, 2.05) is 6.20 Å². The SMILES string of the molecule is c1ccc(-n2c3ccccc3c3cc(-c4ccc5c(c4)c4ccccc4n5-c4ccc5c6ccccc6c6ccccc6c5c4)ncc32)cc1. The summed E-state index contributed by atoms with van der Waals surface area (Å²) in [5.74, 6) is 0. The Bertz CT molecular complexity index is 3110. The van der Waals surface area contributed by atoms with Crippen LogP contribution in [-0.2, 0) is 0 Å². The van der Waals surface area contributed by atoms with E-state index >= 15 is 0 Å². The van der Waals surface area contributed by atoms with Crippen molar-refractivity contribution < 1.29 is 0 Å². The van der Waals surface area contributed by atoms with Gasteiger partial charge in [-0.15, -0.1) is 0 Å². The molecule has 0 unspecified atom stereocenters. The summed E-state index contributed by atoms with van der Waals surface area (Å²) >= 11 is 0. The summed E-state index contributed by atoms with van der Waals surface area (Å²) in [4.78, 5) is 5.07. The molecular weight excluding hydrogens is 607 g/mol. The van der Waals surface area contributed by atoms with Crippen molar-refractivity contribution in [2.24, 2.45) is 0 Å². The number of benzene rings is 8. The number of nitrogens with zero attached hydrogens (tertiary/aromatic N) is 3. The lowest BCUT2D eigenvalue weighted by Crippen LogP contribution is -1.95. The van der Waals surface area contributed by atoms with Crippen LogP contribution in [0.1, 0.15) is 0 Å². The van der Waals surface area contributed by atoms with Crippen molar-refractivity contribution in [3.8, 4) is 22.6 Å². The molecule has 0 saturated heterocycles. The highest BCUT2D eigenvalue weighted by atomic mass is 15.0. The second-order valence-electron chi connectivity index (χ2n) is 13.2. The van der Waals surface area contributed by atoms with E-state index in [0.717, 1.165) is 28.1 Å². The standard InChI is InChI=1S/C47H29N3/c1-2-12-31(13-3-1)49-44-20-10-9-19-39(44)42-28-43(48-29-47(42)49)30-22-25-46-41(26-30)38-18-8-11-21-45(38)50(46)32-23-24-37-35-16-5-4-14-33(35)34-15-6-7-17-36(34)40(37)27-32/h1-29H. The molecular formula is C47H29N3. The van der Waals surface area contributed by atoms with E-state index in [1.165, 1.54) is 70.4 Å². The number of rotatable bonds is 3. The lowest BCUT2D eigenvalue weighted by atomic mass is 9.94. The van der Waals surface area contributed by atoms with Gasteiger partial charge < -0.3 is 9.13 Å². The number of hydrogen-bond donors (Lipinski definition) is 0. The van der Waals surface area contributed by atoms with Crippen LogP contribution in [0.4, 0.5) is 0 Å². The summed E-state index contributed by atoms with van der Waals surface area (Å²) in [6, 6.07) is 61.6. The van der Waals surface area contributed by atoms with Crippen molar-refractivity contribution >= 4 is 75.9 Å². The molecule has 0 amide bonds. The first kappa shape index (κ1) is 27.3. The Morgan fingerprint density at radius 1 is 0.300 bits per heavy atom. The van der Waals surface area contributed by atoms with Gasteiger partial charge in [0, 0.05) is 38.5 Å². The predicted molar refractivity (Wildman–Crippen MR) is 211 cm³/mol. The molecule has 3 heterocycles. The maximum atomic E-state index is 5.07. The van der Waals surface area contributed by atoms with Crippen LogP contribution in [0.2, 0.25) is 0 Å². The summed E-state index contributed by atoms with van der Waals surface area (Å²) < 4.78 is 4.73.